The topological polar surface area (TPSA) is 35.5 Å². The molecule has 0 bridgehead atoms. The second kappa shape index (κ2) is 19.0. The zero-order valence-corrected chi connectivity index (χ0v) is 22.5. The van der Waals surface area contributed by atoms with Gasteiger partial charge in [0.05, 0.1) is 12.2 Å². The normalized spacial score (nSPS) is 11.5. The fourth-order valence-corrected chi connectivity index (χ4v) is 5.19. The third-order valence-corrected chi connectivity index (χ3v) is 9.33. The minimum absolute atomic E-state index is 0.423. The molecule has 1 aromatic carbocycles. The molecule has 33 heavy (non-hydrogen) atoms. The summed E-state index contributed by atoms with van der Waals surface area (Å²) in [6, 6.07) is 7.62. The highest BCUT2D eigenvalue weighted by atomic mass is 28.3. The van der Waals surface area contributed by atoms with Crippen LogP contribution >= 0.6 is 0 Å². The molecule has 0 fully saturated rings. The Morgan fingerprint density at radius 3 is 1.61 bits per heavy atom. The van der Waals surface area contributed by atoms with Crippen LogP contribution in [-0.2, 0) is 9.78 Å². The first-order valence-electron chi connectivity index (χ1n) is 13.4. The fourth-order valence-electron chi connectivity index (χ4n) is 3.93. The highest BCUT2D eigenvalue weighted by Crippen LogP contribution is 2.14. The number of benzene rings is 1. The summed E-state index contributed by atoms with van der Waals surface area (Å²) in [5, 5.41) is 1.25. The molecular formula is C29H49O3Si. The molecule has 1 radical (unpaired) electrons. The van der Waals surface area contributed by atoms with Crippen LogP contribution in [0.15, 0.2) is 36.5 Å². The number of hydrogen-bond donors (Lipinski definition) is 0. The van der Waals surface area contributed by atoms with E-state index < -0.39 is 14.0 Å². The molecule has 1 rings (SSSR count). The predicted molar refractivity (Wildman–Crippen MR) is 144 cm³/mol. The second-order valence-electron chi connectivity index (χ2n) is 9.85. The Labute approximate surface area is 205 Å². The lowest BCUT2D eigenvalue weighted by Crippen LogP contribution is -2.39. The van der Waals surface area contributed by atoms with Crippen LogP contribution in [0.3, 0.4) is 0 Å². The van der Waals surface area contributed by atoms with Gasteiger partial charge in [-0.1, -0.05) is 139 Å². The maximum atomic E-state index is 12.1. The SMILES string of the molecule is [CH2]CCCCCCCCCCCCCCCCCOOC(=O)c1ccc([Si](C)(C)C=C)cc1. The third kappa shape index (κ3) is 14.5. The summed E-state index contributed by atoms with van der Waals surface area (Å²) in [5.41, 5.74) is 2.57. The highest BCUT2D eigenvalue weighted by Gasteiger charge is 2.19. The van der Waals surface area contributed by atoms with E-state index in [1.807, 2.05) is 30.0 Å². The average Bonchev–Trinajstić information content (AvgIpc) is 2.83. The smallest absolute Gasteiger partial charge is 0.293 e. The number of rotatable bonds is 21. The molecule has 0 amide bonds. The molecule has 0 aliphatic rings. The van der Waals surface area contributed by atoms with Crippen LogP contribution in [0.4, 0.5) is 0 Å². The zero-order chi connectivity index (χ0) is 24.2. The van der Waals surface area contributed by atoms with Gasteiger partial charge in [-0.15, -0.1) is 6.58 Å². The van der Waals surface area contributed by atoms with Crippen LogP contribution in [0.25, 0.3) is 0 Å². The van der Waals surface area contributed by atoms with E-state index in [0.29, 0.717) is 12.2 Å². The van der Waals surface area contributed by atoms with E-state index in [1.54, 1.807) is 0 Å². The van der Waals surface area contributed by atoms with Crippen molar-refractivity contribution >= 4 is 19.2 Å². The molecule has 187 valence electrons. The quantitative estimate of drug-likeness (QED) is 0.0777. The van der Waals surface area contributed by atoms with Crippen molar-refractivity contribution in [3.05, 3.63) is 49.0 Å². The standard InChI is InChI=1S/C29H49O3Si/c1-5-7-8-9-10-11-12-13-14-15-16-17-18-19-20-21-26-31-32-29(30)27-22-24-28(25-23-27)33(3,4)6-2/h6,22-25H,1-2,5,7-21,26H2,3-4H3. The minimum Gasteiger partial charge on any atom is -0.293 e. The first-order valence-corrected chi connectivity index (χ1v) is 16.5. The Kier molecular flexibility index (Phi) is 17.0. The summed E-state index contributed by atoms with van der Waals surface area (Å²) in [6.07, 6.45) is 20.9. The van der Waals surface area contributed by atoms with Gasteiger partial charge in [-0.2, -0.15) is 4.89 Å². The van der Waals surface area contributed by atoms with Crippen LogP contribution in [0.2, 0.25) is 13.1 Å². The van der Waals surface area contributed by atoms with Crippen molar-refractivity contribution in [2.75, 3.05) is 6.61 Å². The van der Waals surface area contributed by atoms with Crippen molar-refractivity contribution in [1.29, 1.82) is 0 Å². The van der Waals surface area contributed by atoms with Gasteiger partial charge in [0.25, 0.3) is 0 Å². The number of carbonyl (C=O) groups is 1. The van der Waals surface area contributed by atoms with E-state index in [2.05, 4.69) is 26.6 Å². The monoisotopic (exact) mass is 473 g/mol. The van der Waals surface area contributed by atoms with Crippen molar-refractivity contribution in [3.8, 4) is 0 Å². The molecule has 1 aromatic rings. The summed E-state index contributed by atoms with van der Waals surface area (Å²) in [5.74, 6) is -0.423. The molecule has 0 saturated heterocycles. The molecule has 0 saturated carbocycles. The zero-order valence-electron chi connectivity index (χ0n) is 21.5. The van der Waals surface area contributed by atoms with Gasteiger partial charge in [0, 0.05) is 0 Å². The molecular weight excluding hydrogens is 424 g/mol. The number of carbonyl (C=O) groups excluding carboxylic acids is 1. The van der Waals surface area contributed by atoms with Crippen molar-refractivity contribution < 1.29 is 14.6 Å². The van der Waals surface area contributed by atoms with Crippen molar-refractivity contribution in [2.24, 2.45) is 0 Å². The van der Waals surface area contributed by atoms with Gasteiger partial charge in [0.2, 0.25) is 0 Å². The van der Waals surface area contributed by atoms with E-state index in [1.165, 1.54) is 88.7 Å². The van der Waals surface area contributed by atoms with E-state index in [9.17, 15) is 4.79 Å². The van der Waals surface area contributed by atoms with E-state index >= 15 is 0 Å². The Hall–Kier alpha value is -1.39. The molecule has 4 heteroatoms. The van der Waals surface area contributed by atoms with Gasteiger partial charge >= 0.3 is 5.97 Å². The van der Waals surface area contributed by atoms with Gasteiger partial charge < -0.3 is 0 Å². The molecule has 0 N–H and O–H groups in total. The second-order valence-corrected chi connectivity index (χ2v) is 14.3. The summed E-state index contributed by atoms with van der Waals surface area (Å²) >= 11 is 0. The molecule has 0 aromatic heterocycles. The molecule has 0 aliphatic heterocycles. The lowest BCUT2D eigenvalue weighted by molar-refractivity contribution is -0.241. The van der Waals surface area contributed by atoms with Gasteiger partial charge in [-0.25, -0.2) is 4.79 Å². The highest BCUT2D eigenvalue weighted by molar-refractivity contribution is 6.93. The van der Waals surface area contributed by atoms with Crippen LogP contribution in [0.5, 0.6) is 0 Å². The van der Waals surface area contributed by atoms with Crippen molar-refractivity contribution in [1.82, 2.24) is 0 Å². The van der Waals surface area contributed by atoms with Gasteiger partial charge in [-0.05, 0) is 18.6 Å². The maximum Gasteiger partial charge on any atom is 0.373 e. The predicted octanol–water partition coefficient (Wildman–Crippen LogP) is 8.49. The van der Waals surface area contributed by atoms with Crippen LogP contribution < -0.4 is 5.19 Å². The minimum atomic E-state index is -1.60. The lowest BCUT2D eigenvalue weighted by atomic mass is 10.0. The Morgan fingerprint density at radius 2 is 1.18 bits per heavy atom. The van der Waals surface area contributed by atoms with E-state index in [-0.39, 0.29) is 0 Å². The molecule has 0 heterocycles. The van der Waals surface area contributed by atoms with Crippen LogP contribution in [0.1, 0.15) is 113 Å². The van der Waals surface area contributed by atoms with Gasteiger partial charge in [0.1, 0.15) is 8.07 Å². The largest absolute Gasteiger partial charge is 0.373 e. The number of hydrogen-bond acceptors (Lipinski definition) is 3. The number of unbranched alkanes of at least 4 members (excludes halogenated alkanes) is 15. The first kappa shape index (κ1) is 29.6. The molecule has 0 aliphatic carbocycles. The maximum absolute atomic E-state index is 12.1. The Balaban J connectivity index is 1.90. The first-order chi connectivity index (χ1) is 16.0. The van der Waals surface area contributed by atoms with Gasteiger partial charge in [-0.3, -0.25) is 4.89 Å². The molecule has 0 unspecified atom stereocenters. The molecule has 0 spiro atoms. The third-order valence-electron chi connectivity index (χ3n) is 6.49. The fraction of sp³-hybridized carbons (Fsp3) is 0.655. The van der Waals surface area contributed by atoms with E-state index in [4.69, 9.17) is 9.78 Å². The van der Waals surface area contributed by atoms with Crippen molar-refractivity contribution in [3.63, 3.8) is 0 Å². The van der Waals surface area contributed by atoms with E-state index in [0.717, 1.165) is 19.3 Å². The Morgan fingerprint density at radius 1 is 0.758 bits per heavy atom. The lowest BCUT2D eigenvalue weighted by Gasteiger charge is -2.17. The molecule has 3 nitrogen and oxygen atoms in total. The average molecular weight is 474 g/mol. The summed E-state index contributed by atoms with van der Waals surface area (Å²) < 4.78 is 0. The van der Waals surface area contributed by atoms with Gasteiger partial charge in [0.15, 0.2) is 0 Å². The van der Waals surface area contributed by atoms with Crippen LogP contribution in [0, 0.1) is 6.92 Å². The summed E-state index contributed by atoms with van der Waals surface area (Å²) in [6.45, 7) is 12.8. The summed E-state index contributed by atoms with van der Waals surface area (Å²) in [7, 11) is -1.60. The van der Waals surface area contributed by atoms with Crippen molar-refractivity contribution in [2.45, 2.75) is 116 Å². The summed E-state index contributed by atoms with van der Waals surface area (Å²) in [4.78, 5) is 22.2. The Bertz CT molecular complexity index is 624. The van der Waals surface area contributed by atoms with Crippen LogP contribution in [-0.4, -0.2) is 20.7 Å². The molecule has 0 atom stereocenters.